The predicted molar refractivity (Wildman–Crippen MR) is 230 cm³/mol. The van der Waals surface area contributed by atoms with Crippen molar-refractivity contribution in [2.75, 3.05) is 0 Å². The molecule has 0 fully saturated rings. The molecule has 0 saturated heterocycles. The molecule has 1 heterocycles. The number of para-hydroxylation sites is 2. The van der Waals surface area contributed by atoms with Gasteiger partial charge >= 0.3 is 0 Å². The molecular weight excluding hydrogens is 663 g/mol. The Morgan fingerprint density at radius 1 is 0.345 bits per heavy atom. The van der Waals surface area contributed by atoms with Crippen molar-refractivity contribution >= 4 is 32.6 Å². The van der Waals surface area contributed by atoms with E-state index in [2.05, 4.69) is 199 Å². The van der Waals surface area contributed by atoms with Gasteiger partial charge in [-0.1, -0.05) is 164 Å². The van der Waals surface area contributed by atoms with Crippen molar-refractivity contribution in [1.29, 1.82) is 0 Å². The fourth-order valence-electron chi connectivity index (χ4n) is 9.95. The number of rotatable bonds is 4. The Hall–Kier alpha value is -6.96. The normalized spacial score (nSPS) is 13.9. The van der Waals surface area contributed by atoms with E-state index in [-0.39, 0.29) is 5.92 Å². The van der Waals surface area contributed by atoms with Crippen LogP contribution in [-0.2, 0) is 6.42 Å². The fraction of sp³-hybridized carbons (Fsp3) is 0.0370. The summed E-state index contributed by atoms with van der Waals surface area (Å²) in [5.41, 5.74) is 21.1. The number of nitrogens with zero attached hydrogens (tertiary/aromatic N) is 1. The zero-order valence-electron chi connectivity index (χ0n) is 30.2. The number of benzene rings is 9. The maximum absolute atomic E-state index is 2.47. The predicted octanol–water partition coefficient (Wildman–Crippen LogP) is 14.0. The molecule has 1 heteroatoms. The summed E-state index contributed by atoms with van der Waals surface area (Å²) in [6.07, 6.45) is 0.995. The number of fused-ring (bicyclic) bond motifs is 10. The lowest BCUT2D eigenvalue weighted by Crippen LogP contribution is -2.01. The van der Waals surface area contributed by atoms with Gasteiger partial charge in [-0.05, 0) is 120 Å². The molecule has 1 unspecified atom stereocenters. The van der Waals surface area contributed by atoms with Gasteiger partial charge in [0.05, 0.1) is 11.0 Å². The van der Waals surface area contributed by atoms with Crippen LogP contribution in [0.25, 0.3) is 82.8 Å². The van der Waals surface area contributed by atoms with Crippen molar-refractivity contribution in [2.45, 2.75) is 12.3 Å². The van der Waals surface area contributed by atoms with E-state index in [4.69, 9.17) is 0 Å². The molecular formula is C54H35N. The summed E-state index contributed by atoms with van der Waals surface area (Å²) >= 11 is 0. The highest BCUT2D eigenvalue weighted by Gasteiger charge is 2.32. The average molecular weight is 698 g/mol. The summed E-state index contributed by atoms with van der Waals surface area (Å²) in [6, 6.07) is 72.4. The lowest BCUT2D eigenvalue weighted by atomic mass is 9.83. The zero-order valence-corrected chi connectivity index (χ0v) is 30.2. The largest absolute Gasteiger partial charge is 0.309 e. The Morgan fingerprint density at radius 3 is 1.89 bits per heavy atom. The molecule has 0 saturated carbocycles. The quantitative estimate of drug-likeness (QED) is 0.173. The van der Waals surface area contributed by atoms with Gasteiger partial charge in [0.1, 0.15) is 0 Å². The molecule has 0 bridgehead atoms. The maximum Gasteiger partial charge on any atom is 0.0547 e. The van der Waals surface area contributed by atoms with Gasteiger partial charge in [0.2, 0.25) is 0 Å². The van der Waals surface area contributed by atoms with Crippen LogP contribution in [0.4, 0.5) is 0 Å². The van der Waals surface area contributed by atoms with Crippen LogP contribution in [0.15, 0.2) is 194 Å². The van der Waals surface area contributed by atoms with E-state index in [1.807, 2.05) is 0 Å². The van der Waals surface area contributed by atoms with Gasteiger partial charge in [0.15, 0.2) is 0 Å². The van der Waals surface area contributed by atoms with Gasteiger partial charge in [0.25, 0.3) is 0 Å². The van der Waals surface area contributed by atoms with Gasteiger partial charge in [-0.3, -0.25) is 0 Å². The third-order valence-corrected chi connectivity index (χ3v) is 12.3. The Kier molecular flexibility index (Phi) is 6.53. The summed E-state index contributed by atoms with van der Waals surface area (Å²) < 4.78 is 2.41. The second-order valence-corrected chi connectivity index (χ2v) is 15.2. The molecule has 0 amide bonds. The first-order chi connectivity index (χ1) is 27.3. The highest BCUT2D eigenvalue weighted by molar-refractivity contribution is 6.10. The zero-order chi connectivity index (χ0) is 36.0. The molecule has 2 aliphatic rings. The monoisotopic (exact) mass is 697 g/mol. The van der Waals surface area contributed by atoms with Crippen molar-refractivity contribution in [2.24, 2.45) is 0 Å². The third-order valence-electron chi connectivity index (χ3n) is 12.3. The minimum absolute atomic E-state index is 0.117. The van der Waals surface area contributed by atoms with E-state index in [1.165, 1.54) is 111 Å². The highest BCUT2D eigenvalue weighted by atomic mass is 15.0. The molecule has 1 aromatic heterocycles. The smallest absolute Gasteiger partial charge is 0.0547 e. The Labute approximate surface area is 320 Å². The number of aromatic nitrogens is 1. The first kappa shape index (κ1) is 30.5. The second-order valence-electron chi connectivity index (χ2n) is 15.2. The van der Waals surface area contributed by atoms with Crippen molar-refractivity contribution in [3.8, 4) is 50.2 Å². The Morgan fingerprint density at radius 2 is 0.982 bits per heavy atom. The van der Waals surface area contributed by atoms with Gasteiger partial charge < -0.3 is 4.57 Å². The lowest BCUT2D eigenvalue weighted by Gasteiger charge is -2.20. The van der Waals surface area contributed by atoms with Crippen LogP contribution in [0.1, 0.15) is 33.7 Å². The molecule has 10 aromatic rings. The summed E-state index contributed by atoms with van der Waals surface area (Å²) in [5.74, 6) is 0.117. The number of hydrogen-bond acceptors (Lipinski definition) is 0. The molecule has 1 atom stereocenters. The van der Waals surface area contributed by atoms with Crippen molar-refractivity contribution in [1.82, 2.24) is 4.57 Å². The van der Waals surface area contributed by atoms with E-state index in [1.54, 1.807) is 0 Å². The van der Waals surface area contributed by atoms with E-state index < -0.39 is 0 Å². The van der Waals surface area contributed by atoms with Gasteiger partial charge in [-0.2, -0.15) is 0 Å². The van der Waals surface area contributed by atoms with E-state index >= 15 is 0 Å². The van der Waals surface area contributed by atoms with Crippen LogP contribution >= 0.6 is 0 Å². The SMILES string of the molecule is c1ccc(-n2c3ccccc3c3ccc(-c4ccc5c(c4)C(c4ccc(-c6cccc7c6-c6ccccc6C7)c6ccccc46)c4ccccc4-5)cc32)cc1. The molecule has 0 spiro atoms. The van der Waals surface area contributed by atoms with Crippen LogP contribution in [0.3, 0.4) is 0 Å². The molecule has 0 N–H and O–H groups in total. The summed E-state index contributed by atoms with van der Waals surface area (Å²) in [6.45, 7) is 0. The minimum atomic E-state index is 0.117. The average Bonchev–Trinajstić information content (AvgIpc) is 3.91. The standard InChI is InChI=1S/C54H35N/c1-2-15-38(16-3-1)55-51-24-11-10-21-45(51)46-28-26-35(33-52(46)55)34-25-27-44-42-20-8-9-22-48(42)54(50(44)32-34)49-30-29-43(40-18-6-7-19-41(40)49)47-23-12-14-37-31-36-13-4-5-17-39(36)53(37)47/h1-30,32-33,54H,31H2. The molecule has 0 aliphatic heterocycles. The summed E-state index contributed by atoms with van der Waals surface area (Å²) in [7, 11) is 0. The Balaban J connectivity index is 1.04. The minimum Gasteiger partial charge on any atom is -0.309 e. The molecule has 256 valence electrons. The van der Waals surface area contributed by atoms with E-state index in [9.17, 15) is 0 Å². The van der Waals surface area contributed by atoms with E-state index in [0.717, 1.165) is 6.42 Å². The molecule has 1 nitrogen and oxygen atoms in total. The first-order valence-corrected chi connectivity index (χ1v) is 19.3. The van der Waals surface area contributed by atoms with Crippen LogP contribution in [0.2, 0.25) is 0 Å². The first-order valence-electron chi connectivity index (χ1n) is 19.3. The van der Waals surface area contributed by atoms with Crippen LogP contribution in [-0.4, -0.2) is 4.57 Å². The highest BCUT2D eigenvalue weighted by Crippen LogP contribution is 2.52. The molecule has 9 aromatic carbocycles. The molecule has 12 rings (SSSR count). The second kappa shape index (κ2) is 11.8. The third kappa shape index (κ3) is 4.47. The van der Waals surface area contributed by atoms with E-state index in [0.29, 0.717) is 0 Å². The maximum atomic E-state index is 2.47. The lowest BCUT2D eigenvalue weighted by molar-refractivity contribution is 1.03. The van der Waals surface area contributed by atoms with Crippen LogP contribution in [0, 0.1) is 0 Å². The fourth-order valence-corrected chi connectivity index (χ4v) is 9.95. The Bertz CT molecular complexity index is 3180. The molecule has 0 radical (unpaired) electrons. The topological polar surface area (TPSA) is 4.93 Å². The van der Waals surface area contributed by atoms with Crippen molar-refractivity contribution < 1.29 is 0 Å². The van der Waals surface area contributed by atoms with Gasteiger partial charge in [0, 0.05) is 22.4 Å². The van der Waals surface area contributed by atoms with Gasteiger partial charge in [-0.15, -0.1) is 0 Å². The van der Waals surface area contributed by atoms with Crippen molar-refractivity contribution in [3.63, 3.8) is 0 Å². The van der Waals surface area contributed by atoms with Gasteiger partial charge in [-0.25, -0.2) is 0 Å². The molecule has 2 aliphatic carbocycles. The summed E-state index contributed by atoms with van der Waals surface area (Å²) in [4.78, 5) is 0. The summed E-state index contributed by atoms with van der Waals surface area (Å²) in [5, 5.41) is 5.17. The van der Waals surface area contributed by atoms with Crippen molar-refractivity contribution in [3.05, 3.63) is 222 Å². The van der Waals surface area contributed by atoms with Crippen LogP contribution in [0.5, 0.6) is 0 Å². The number of hydrogen-bond donors (Lipinski definition) is 0. The van der Waals surface area contributed by atoms with Crippen LogP contribution < -0.4 is 0 Å². The molecule has 55 heavy (non-hydrogen) atoms.